The third-order valence-electron chi connectivity index (χ3n) is 5.81. The third kappa shape index (κ3) is 4.46. The van der Waals surface area contributed by atoms with Crippen molar-refractivity contribution in [2.75, 3.05) is 13.7 Å². The molecule has 0 radical (unpaired) electrons. The number of rotatable bonds is 8. The molecular weight excluding hydrogens is 402 g/mol. The van der Waals surface area contributed by atoms with Gasteiger partial charge in [-0.15, -0.1) is 11.3 Å². The summed E-state index contributed by atoms with van der Waals surface area (Å²) in [5.74, 6) is 2.64. The van der Waals surface area contributed by atoms with Gasteiger partial charge in [-0.1, -0.05) is 36.4 Å². The monoisotopic (exact) mass is 429 g/mol. The van der Waals surface area contributed by atoms with E-state index in [2.05, 4.69) is 72.9 Å². The normalized spacial score (nSPS) is 13.5. The molecule has 0 spiro atoms. The minimum absolute atomic E-state index is 0.757. The molecule has 0 saturated heterocycles. The van der Waals surface area contributed by atoms with Gasteiger partial charge in [-0.05, 0) is 79.8 Å². The predicted octanol–water partition coefficient (Wildman–Crippen LogP) is 6.97. The zero-order valence-corrected chi connectivity index (χ0v) is 18.8. The van der Waals surface area contributed by atoms with Crippen molar-refractivity contribution in [2.24, 2.45) is 0 Å². The maximum atomic E-state index is 6.51. The largest absolute Gasteiger partial charge is 0.497 e. The molecule has 3 nitrogen and oxygen atoms in total. The lowest BCUT2D eigenvalue weighted by molar-refractivity contribution is 0.415. The number of aryl methyl sites for hydroxylation is 1. The van der Waals surface area contributed by atoms with Gasteiger partial charge in [0.1, 0.15) is 11.5 Å². The second-order valence-electron chi connectivity index (χ2n) is 8.16. The van der Waals surface area contributed by atoms with Crippen molar-refractivity contribution in [3.05, 3.63) is 77.9 Å². The summed E-state index contributed by atoms with van der Waals surface area (Å²) >= 11 is 1.75. The molecule has 1 aliphatic carbocycles. The van der Waals surface area contributed by atoms with Crippen LogP contribution in [0, 0.1) is 6.92 Å². The molecule has 1 N–H and O–H groups in total. The Kier molecular flexibility index (Phi) is 5.66. The summed E-state index contributed by atoms with van der Waals surface area (Å²) < 4.78 is 13.1. The summed E-state index contributed by atoms with van der Waals surface area (Å²) in [4.78, 5) is 1.15. The van der Waals surface area contributed by atoms with Crippen LogP contribution in [0.2, 0.25) is 0 Å². The highest BCUT2D eigenvalue weighted by Crippen LogP contribution is 2.47. The minimum atomic E-state index is 0.757. The molecule has 0 bridgehead atoms. The van der Waals surface area contributed by atoms with Crippen molar-refractivity contribution in [3.63, 3.8) is 0 Å². The van der Waals surface area contributed by atoms with Gasteiger partial charge in [-0.2, -0.15) is 0 Å². The molecule has 1 fully saturated rings. The maximum Gasteiger partial charge on any atom is 0.153 e. The van der Waals surface area contributed by atoms with Crippen LogP contribution in [-0.2, 0) is 6.42 Å². The second-order valence-corrected chi connectivity index (χ2v) is 9.21. The van der Waals surface area contributed by atoms with Crippen molar-refractivity contribution in [1.82, 2.24) is 5.32 Å². The number of thiophene rings is 1. The first-order chi connectivity index (χ1) is 15.2. The van der Waals surface area contributed by atoms with Crippen LogP contribution in [-0.4, -0.2) is 19.7 Å². The summed E-state index contributed by atoms with van der Waals surface area (Å²) in [5, 5.41) is 4.69. The van der Waals surface area contributed by atoms with Crippen LogP contribution in [0.4, 0.5) is 0 Å². The molecule has 31 heavy (non-hydrogen) atoms. The highest BCUT2D eigenvalue weighted by Gasteiger charge is 2.20. The van der Waals surface area contributed by atoms with Gasteiger partial charge in [0.2, 0.25) is 0 Å². The van der Waals surface area contributed by atoms with E-state index in [0.717, 1.165) is 51.2 Å². The molecule has 4 aromatic rings. The number of fused-ring (bicyclic) bond motifs is 1. The lowest BCUT2D eigenvalue weighted by Gasteiger charge is -2.11. The van der Waals surface area contributed by atoms with Crippen molar-refractivity contribution < 1.29 is 9.47 Å². The topological polar surface area (TPSA) is 30.5 Å². The van der Waals surface area contributed by atoms with E-state index in [9.17, 15) is 0 Å². The molecule has 0 atom stereocenters. The standard InChI is InChI=1S/C27H27NO2S/c1-18-5-3-4-6-23(18)27-26(24-14-13-22(29-2)17-25(24)31-27)30-21-11-7-19(8-12-21)15-16-28-20-9-10-20/h3-8,11-14,17,20,28H,9-10,15-16H2,1-2H3. The van der Waals surface area contributed by atoms with Gasteiger partial charge in [0.25, 0.3) is 0 Å². The third-order valence-corrected chi connectivity index (χ3v) is 6.98. The molecule has 0 aliphatic heterocycles. The van der Waals surface area contributed by atoms with E-state index in [0.29, 0.717) is 0 Å². The van der Waals surface area contributed by atoms with E-state index >= 15 is 0 Å². The van der Waals surface area contributed by atoms with Gasteiger partial charge >= 0.3 is 0 Å². The summed E-state index contributed by atoms with van der Waals surface area (Å²) in [5.41, 5.74) is 3.78. The van der Waals surface area contributed by atoms with E-state index in [-0.39, 0.29) is 0 Å². The minimum Gasteiger partial charge on any atom is -0.497 e. The highest BCUT2D eigenvalue weighted by atomic mass is 32.1. The Balaban J connectivity index is 1.46. The molecule has 0 unspecified atom stereocenters. The van der Waals surface area contributed by atoms with Crippen molar-refractivity contribution >= 4 is 21.4 Å². The van der Waals surface area contributed by atoms with Gasteiger partial charge < -0.3 is 14.8 Å². The average Bonchev–Trinajstić information content (AvgIpc) is 3.56. The fraction of sp³-hybridized carbons (Fsp3) is 0.259. The molecule has 158 valence electrons. The molecule has 4 heteroatoms. The van der Waals surface area contributed by atoms with E-state index in [1.165, 1.54) is 29.5 Å². The first-order valence-electron chi connectivity index (χ1n) is 10.9. The van der Waals surface area contributed by atoms with E-state index in [1.54, 1.807) is 18.4 Å². The summed E-state index contributed by atoms with van der Waals surface area (Å²) in [7, 11) is 1.70. The van der Waals surface area contributed by atoms with Gasteiger partial charge in [0.05, 0.1) is 12.0 Å². The second kappa shape index (κ2) is 8.74. The van der Waals surface area contributed by atoms with Crippen LogP contribution in [0.3, 0.4) is 0 Å². The van der Waals surface area contributed by atoms with Gasteiger partial charge in [-0.3, -0.25) is 0 Å². The Morgan fingerprint density at radius 3 is 2.48 bits per heavy atom. The first-order valence-corrected chi connectivity index (χ1v) is 11.7. The molecule has 1 saturated carbocycles. The van der Waals surface area contributed by atoms with Crippen LogP contribution in [0.5, 0.6) is 17.2 Å². The molecule has 0 amide bonds. The zero-order chi connectivity index (χ0) is 21.2. The number of ether oxygens (including phenoxy) is 2. The van der Waals surface area contributed by atoms with Gasteiger partial charge in [-0.25, -0.2) is 0 Å². The number of nitrogens with one attached hydrogen (secondary N) is 1. The summed E-state index contributed by atoms with van der Waals surface area (Å²) in [6, 6.07) is 23.9. The highest BCUT2D eigenvalue weighted by molar-refractivity contribution is 7.22. The molecular formula is C27H27NO2S. The molecule has 1 aliphatic rings. The van der Waals surface area contributed by atoms with Crippen molar-refractivity contribution in [2.45, 2.75) is 32.2 Å². The zero-order valence-electron chi connectivity index (χ0n) is 18.0. The summed E-state index contributed by atoms with van der Waals surface area (Å²) in [6.07, 6.45) is 3.71. The average molecular weight is 430 g/mol. The number of hydrogen-bond donors (Lipinski definition) is 1. The smallest absolute Gasteiger partial charge is 0.153 e. The number of hydrogen-bond acceptors (Lipinski definition) is 4. The Bertz CT molecular complexity index is 1190. The van der Waals surface area contributed by atoms with Crippen LogP contribution < -0.4 is 14.8 Å². The van der Waals surface area contributed by atoms with E-state index in [4.69, 9.17) is 9.47 Å². The predicted molar refractivity (Wildman–Crippen MR) is 130 cm³/mol. The Labute approximate surface area is 187 Å². The molecule has 1 aromatic heterocycles. The van der Waals surface area contributed by atoms with Crippen molar-refractivity contribution in [3.8, 4) is 27.7 Å². The molecule has 5 rings (SSSR count). The SMILES string of the molecule is COc1ccc2c(Oc3ccc(CCNC4CC4)cc3)c(-c3ccccc3C)sc2c1. The van der Waals surface area contributed by atoms with Crippen LogP contribution >= 0.6 is 11.3 Å². The Hall–Kier alpha value is -2.82. The lowest BCUT2D eigenvalue weighted by Crippen LogP contribution is -2.19. The van der Waals surface area contributed by atoms with E-state index < -0.39 is 0 Å². The van der Waals surface area contributed by atoms with Crippen LogP contribution in [0.15, 0.2) is 66.7 Å². The van der Waals surface area contributed by atoms with Crippen LogP contribution in [0.25, 0.3) is 20.5 Å². The number of benzene rings is 3. The fourth-order valence-electron chi connectivity index (χ4n) is 3.84. The quantitative estimate of drug-likeness (QED) is 0.328. The Morgan fingerprint density at radius 2 is 1.74 bits per heavy atom. The molecule has 1 heterocycles. The summed E-state index contributed by atoms with van der Waals surface area (Å²) in [6.45, 7) is 3.19. The maximum absolute atomic E-state index is 6.51. The first kappa shape index (κ1) is 20.1. The van der Waals surface area contributed by atoms with Crippen molar-refractivity contribution in [1.29, 1.82) is 0 Å². The van der Waals surface area contributed by atoms with Gasteiger partial charge in [0, 0.05) is 16.1 Å². The molecule has 3 aromatic carbocycles. The van der Waals surface area contributed by atoms with Crippen LogP contribution in [0.1, 0.15) is 24.0 Å². The Morgan fingerprint density at radius 1 is 0.968 bits per heavy atom. The number of methoxy groups -OCH3 is 1. The van der Waals surface area contributed by atoms with Gasteiger partial charge in [0.15, 0.2) is 5.75 Å². The fourth-order valence-corrected chi connectivity index (χ4v) is 5.09. The lowest BCUT2D eigenvalue weighted by atomic mass is 10.1. The van der Waals surface area contributed by atoms with E-state index in [1.807, 2.05) is 6.07 Å².